The van der Waals surface area contributed by atoms with Crippen LogP contribution >= 0.6 is 0 Å². The van der Waals surface area contributed by atoms with Gasteiger partial charge >= 0.3 is 6.03 Å². The minimum Gasteiger partial charge on any atom is -0.491 e. The lowest BCUT2D eigenvalue weighted by Gasteiger charge is -2.19. The van der Waals surface area contributed by atoms with Gasteiger partial charge in [-0.15, -0.1) is 0 Å². The van der Waals surface area contributed by atoms with Crippen molar-refractivity contribution in [3.63, 3.8) is 0 Å². The molecule has 3 rings (SSSR count). The van der Waals surface area contributed by atoms with Gasteiger partial charge in [0.15, 0.2) is 0 Å². The minimum atomic E-state index is -0.988. The number of nitrogens with zero attached hydrogens (tertiary/aromatic N) is 2. The number of hydrogen-bond acceptors (Lipinski definition) is 4. The van der Waals surface area contributed by atoms with E-state index in [0.717, 1.165) is 11.3 Å². The highest BCUT2D eigenvalue weighted by atomic mass is 19.1. The Bertz CT molecular complexity index is 555. The maximum absolute atomic E-state index is 12.8. The summed E-state index contributed by atoms with van der Waals surface area (Å²) < 4.78 is 18.1. The van der Waals surface area contributed by atoms with Crippen LogP contribution in [0.5, 0.6) is 5.75 Å². The van der Waals surface area contributed by atoms with Gasteiger partial charge < -0.3 is 14.7 Å². The van der Waals surface area contributed by atoms with Gasteiger partial charge in [0, 0.05) is 6.54 Å². The van der Waals surface area contributed by atoms with E-state index in [0.29, 0.717) is 18.7 Å². The highest BCUT2D eigenvalue weighted by Gasteiger charge is 2.47. The van der Waals surface area contributed by atoms with E-state index in [4.69, 9.17) is 4.74 Å². The zero-order valence-electron chi connectivity index (χ0n) is 11.9. The molecule has 3 amide bonds. The highest BCUT2D eigenvalue weighted by molar-refractivity contribution is 6.04. The van der Waals surface area contributed by atoms with Crippen LogP contribution in [0.15, 0.2) is 24.3 Å². The molecule has 1 aromatic carbocycles. The van der Waals surface area contributed by atoms with E-state index in [-0.39, 0.29) is 36.9 Å². The molecule has 2 aliphatic rings. The summed E-state index contributed by atoms with van der Waals surface area (Å²) in [7, 11) is 0. The fourth-order valence-electron chi connectivity index (χ4n) is 2.84. The maximum atomic E-state index is 12.8. The van der Waals surface area contributed by atoms with Crippen LogP contribution in [-0.2, 0) is 4.79 Å². The maximum Gasteiger partial charge on any atom is 0.327 e. The molecule has 1 aromatic rings. The number of urea groups is 1. The number of rotatable bonds is 5. The van der Waals surface area contributed by atoms with E-state index < -0.39 is 6.10 Å². The molecule has 2 saturated heterocycles. The summed E-state index contributed by atoms with van der Waals surface area (Å²) in [6.07, 6.45) is 0.535. The second-order valence-corrected chi connectivity index (χ2v) is 5.50. The topological polar surface area (TPSA) is 70.1 Å². The van der Waals surface area contributed by atoms with Gasteiger partial charge in [0.2, 0.25) is 0 Å². The van der Waals surface area contributed by atoms with Crippen molar-refractivity contribution in [1.82, 2.24) is 9.80 Å². The number of β-amino-alcohol motifs (C(OH)–C–C–N with tert-alkyl or cyclic N) is 1. The Morgan fingerprint density at radius 3 is 2.73 bits per heavy atom. The van der Waals surface area contributed by atoms with Crippen LogP contribution in [0.2, 0.25) is 0 Å². The predicted octanol–water partition coefficient (Wildman–Crippen LogP) is 0.992. The third kappa shape index (κ3) is 2.76. The number of carbonyl (C=O) groups excluding carboxylic acids is 2. The third-order valence-corrected chi connectivity index (χ3v) is 3.93. The Kier molecular flexibility index (Phi) is 3.98. The summed E-state index contributed by atoms with van der Waals surface area (Å²) in [4.78, 5) is 26.8. The monoisotopic (exact) mass is 308 g/mol. The van der Waals surface area contributed by atoms with Crippen molar-refractivity contribution in [3.05, 3.63) is 30.1 Å². The third-order valence-electron chi connectivity index (χ3n) is 3.93. The molecule has 2 heterocycles. The van der Waals surface area contributed by atoms with E-state index in [9.17, 15) is 19.1 Å². The van der Waals surface area contributed by atoms with Crippen LogP contribution in [0.25, 0.3) is 0 Å². The average Bonchev–Trinajstić information content (AvgIpc) is 3.07. The molecule has 6 nitrogen and oxygen atoms in total. The van der Waals surface area contributed by atoms with Gasteiger partial charge in [0.05, 0.1) is 6.54 Å². The number of imide groups is 1. The molecule has 2 atom stereocenters. The van der Waals surface area contributed by atoms with Gasteiger partial charge in [0.25, 0.3) is 5.91 Å². The Morgan fingerprint density at radius 1 is 1.32 bits per heavy atom. The number of halogens is 1. The number of benzene rings is 1. The van der Waals surface area contributed by atoms with E-state index >= 15 is 0 Å². The van der Waals surface area contributed by atoms with Gasteiger partial charge in [-0.25, -0.2) is 9.18 Å². The first-order chi connectivity index (χ1) is 10.6. The predicted molar refractivity (Wildman–Crippen MR) is 74.7 cm³/mol. The summed E-state index contributed by atoms with van der Waals surface area (Å²) in [5.41, 5.74) is 0. The summed E-state index contributed by atoms with van der Waals surface area (Å²) in [5.74, 6) is -0.203. The van der Waals surface area contributed by atoms with Crippen LogP contribution < -0.4 is 4.74 Å². The normalized spacial score (nSPS) is 22.2. The lowest BCUT2D eigenvalue weighted by atomic mass is 10.2. The van der Waals surface area contributed by atoms with Crippen LogP contribution in [0.1, 0.15) is 12.8 Å². The van der Waals surface area contributed by atoms with E-state index in [2.05, 4.69) is 0 Å². The molecular formula is C15H17FN2O4. The number of fused-ring (bicyclic) bond motifs is 1. The molecule has 1 N–H and O–H groups in total. The SMILES string of the molecule is O=C1C2CCCN2C(=O)N1CC(O)COc1ccc(F)cc1. The number of aliphatic hydroxyl groups is 1. The smallest absolute Gasteiger partial charge is 0.327 e. The lowest BCUT2D eigenvalue weighted by molar-refractivity contribution is -0.129. The number of ether oxygens (including phenoxy) is 1. The largest absolute Gasteiger partial charge is 0.491 e. The molecule has 0 bridgehead atoms. The highest BCUT2D eigenvalue weighted by Crippen LogP contribution is 2.27. The van der Waals surface area contributed by atoms with Crippen molar-refractivity contribution in [2.45, 2.75) is 25.0 Å². The second kappa shape index (κ2) is 5.92. The van der Waals surface area contributed by atoms with Crippen molar-refractivity contribution in [3.8, 4) is 5.75 Å². The van der Waals surface area contributed by atoms with Gasteiger partial charge in [-0.3, -0.25) is 9.69 Å². The van der Waals surface area contributed by atoms with E-state index in [1.807, 2.05) is 0 Å². The van der Waals surface area contributed by atoms with Gasteiger partial charge in [-0.05, 0) is 37.1 Å². The molecule has 0 spiro atoms. The Labute approximate surface area is 127 Å². The summed E-state index contributed by atoms with van der Waals surface area (Å²) in [6, 6.07) is 4.70. The van der Waals surface area contributed by atoms with Crippen LogP contribution in [0.3, 0.4) is 0 Å². The average molecular weight is 308 g/mol. The summed E-state index contributed by atoms with van der Waals surface area (Å²) in [6.45, 7) is 0.424. The number of carbonyl (C=O) groups is 2. The minimum absolute atomic E-state index is 0.0760. The van der Waals surface area contributed by atoms with Crippen molar-refractivity contribution in [1.29, 1.82) is 0 Å². The molecule has 2 fully saturated rings. The molecule has 2 unspecified atom stereocenters. The van der Waals surface area contributed by atoms with Gasteiger partial charge in [-0.2, -0.15) is 0 Å². The fraction of sp³-hybridized carbons (Fsp3) is 0.467. The molecule has 0 radical (unpaired) electrons. The summed E-state index contributed by atoms with van der Waals surface area (Å²) >= 11 is 0. The molecule has 0 aromatic heterocycles. The van der Waals surface area contributed by atoms with Crippen molar-refractivity contribution in [2.24, 2.45) is 0 Å². The van der Waals surface area contributed by atoms with Crippen LogP contribution in [-0.4, -0.2) is 58.7 Å². The Morgan fingerprint density at radius 2 is 2.05 bits per heavy atom. The standard InChI is InChI=1S/C15H17FN2O4/c16-10-3-5-12(6-4-10)22-9-11(19)8-18-14(20)13-2-1-7-17(13)15(18)21/h3-6,11,13,19H,1-2,7-9H2. The van der Waals surface area contributed by atoms with Gasteiger partial charge in [0.1, 0.15) is 30.3 Å². The molecular weight excluding hydrogens is 291 g/mol. The first-order valence-electron chi connectivity index (χ1n) is 7.24. The fourth-order valence-corrected chi connectivity index (χ4v) is 2.84. The molecule has 2 aliphatic heterocycles. The van der Waals surface area contributed by atoms with E-state index in [1.165, 1.54) is 24.3 Å². The van der Waals surface area contributed by atoms with Crippen LogP contribution in [0, 0.1) is 5.82 Å². The van der Waals surface area contributed by atoms with Crippen molar-refractivity contribution >= 4 is 11.9 Å². The molecule has 0 aliphatic carbocycles. The molecule has 0 saturated carbocycles. The summed E-state index contributed by atoms with van der Waals surface area (Å²) in [5, 5.41) is 9.96. The lowest BCUT2D eigenvalue weighted by Crippen LogP contribution is -2.41. The first kappa shape index (κ1) is 14.8. The zero-order chi connectivity index (χ0) is 15.7. The van der Waals surface area contributed by atoms with Gasteiger partial charge in [-0.1, -0.05) is 0 Å². The van der Waals surface area contributed by atoms with E-state index in [1.54, 1.807) is 4.90 Å². The molecule has 22 heavy (non-hydrogen) atoms. The number of amides is 3. The van der Waals surface area contributed by atoms with Crippen molar-refractivity contribution in [2.75, 3.05) is 19.7 Å². The second-order valence-electron chi connectivity index (χ2n) is 5.50. The Balaban J connectivity index is 1.53. The quantitative estimate of drug-likeness (QED) is 0.824. The first-order valence-corrected chi connectivity index (χ1v) is 7.24. The van der Waals surface area contributed by atoms with Crippen LogP contribution in [0.4, 0.5) is 9.18 Å². The zero-order valence-corrected chi connectivity index (χ0v) is 11.9. The molecule has 118 valence electrons. The Hall–Kier alpha value is -2.15. The van der Waals surface area contributed by atoms with Crippen molar-refractivity contribution < 1.29 is 23.8 Å². The number of hydrogen-bond donors (Lipinski definition) is 1. The molecule has 7 heteroatoms. The number of aliphatic hydroxyl groups excluding tert-OH is 1.